The van der Waals surface area contributed by atoms with E-state index in [1.807, 2.05) is 36.4 Å². The van der Waals surface area contributed by atoms with Crippen molar-refractivity contribution >= 4 is 17.3 Å². The van der Waals surface area contributed by atoms with Crippen LogP contribution < -0.4 is 10.6 Å². The van der Waals surface area contributed by atoms with Crippen LogP contribution in [-0.2, 0) is 6.42 Å². The van der Waals surface area contributed by atoms with E-state index >= 15 is 0 Å². The van der Waals surface area contributed by atoms with Crippen LogP contribution in [0.2, 0.25) is 0 Å². The monoisotopic (exact) mass is 294 g/mol. The van der Waals surface area contributed by atoms with Crippen LogP contribution in [0.25, 0.3) is 0 Å². The average Bonchev–Trinajstić information content (AvgIpc) is 2.54. The van der Waals surface area contributed by atoms with Crippen LogP contribution in [0.1, 0.15) is 47.7 Å². The lowest BCUT2D eigenvalue weighted by molar-refractivity contribution is 0.102. The fourth-order valence-electron chi connectivity index (χ4n) is 3.03. The van der Waals surface area contributed by atoms with E-state index in [1.54, 1.807) is 0 Å². The predicted octanol–water partition coefficient (Wildman–Crippen LogP) is 4.42. The number of carbonyl (C=O) groups excluding carboxylic acids is 1. The number of nitrogens with one attached hydrogen (secondary N) is 2. The molecule has 114 valence electrons. The molecule has 3 rings (SSSR count). The van der Waals surface area contributed by atoms with Gasteiger partial charge >= 0.3 is 0 Å². The second kappa shape index (κ2) is 6.22. The summed E-state index contributed by atoms with van der Waals surface area (Å²) in [6.07, 6.45) is 2.03. The molecule has 2 aromatic rings. The third kappa shape index (κ3) is 2.84. The molecule has 3 nitrogen and oxygen atoms in total. The van der Waals surface area contributed by atoms with Gasteiger partial charge in [0.1, 0.15) is 0 Å². The second-order valence-corrected chi connectivity index (χ2v) is 6.06. The summed E-state index contributed by atoms with van der Waals surface area (Å²) in [5, 5.41) is 6.46. The Balaban J connectivity index is 1.90. The Hall–Kier alpha value is -2.29. The van der Waals surface area contributed by atoms with Gasteiger partial charge in [-0.15, -0.1) is 0 Å². The largest absolute Gasteiger partial charge is 0.385 e. The van der Waals surface area contributed by atoms with Gasteiger partial charge in [0.25, 0.3) is 5.91 Å². The van der Waals surface area contributed by atoms with E-state index in [9.17, 15) is 4.79 Å². The first-order valence-electron chi connectivity index (χ1n) is 7.93. The molecule has 1 aliphatic heterocycles. The first-order chi connectivity index (χ1) is 10.7. The maximum Gasteiger partial charge on any atom is 0.256 e. The molecule has 0 unspecified atom stereocenters. The Bertz CT molecular complexity index is 692. The molecule has 0 fully saturated rings. The Morgan fingerprint density at radius 2 is 1.95 bits per heavy atom. The molecular weight excluding hydrogens is 272 g/mol. The zero-order valence-corrected chi connectivity index (χ0v) is 13.1. The van der Waals surface area contributed by atoms with Crippen LogP contribution in [0.4, 0.5) is 11.4 Å². The van der Waals surface area contributed by atoms with Gasteiger partial charge in [-0.05, 0) is 48.1 Å². The molecule has 0 spiro atoms. The molecule has 0 aliphatic carbocycles. The van der Waals surface area contributed by atoms with Gasteiger partial charge in [0.05, 0.1) is 0 Å². The van der Waals surface area contributed by atoms with Crippen molar-refractivity contribution in [1.29, 1.82) is 0 Å². The summed E-state index contributed by atoms with van der Waals surface area (Å²) < 4.78 is 0. The standard InChI is InChI=1S/C19H22N2O/c1-13(2)14-7-3-4-10-18(14)21-19(22)16-8-5-11-17-15(16)9-6-12-20-17/h3-5,7-8,10-11,13,20H,6,9,12H2,1-2H3,(H,21,22). The van der Waals surface area contributed by atoms with Gasteiger partial charge in [0.15, 0.2) is 0 Å². The molecule has 0 aromatic heterocycles. The van der Waals surface area contributed by atoms with Gasteiger partial charge in [-0.1, -0.05) is 38.1 Å². The Morgan fingerprint density at radius 1 is 1.14 bits per heavy atom. The molecule has 1 aliphatic rings. The summed E-state index contributed by atoms with van der Waals surface area (Å²) in [7, 11) is 0. The molecule has 0 radical (unpaired) electrons. The van der Waals surface area contributed by atoms with Gasteiger partial charge in [-0.25, -0.2) is 0 Å². The zero-order chi connectivity index (χ0) is 15.5. The summed E-state index contributed by atoms with van der Waals surface area (Å²) in [6, 6.07) is 13.9. The number of hydrogen-bond acceptors (Lipinski definition) is 2. The van der Waals surface area contributed by atoms with E-state index in [0.29, 0.717) is 5.92 Å². The van der Waals surface area contributed by atoms with Crippen LogP contribution in [0.15, 0.2) is 42.5 Å². The van der Waals surface area contributed by atoms with Crippen LogP contribution in [-0.4, -0.2) is 12.5 Å². The van der Waals surface area contributed by atoms with Gasteiger partial charge in [0, 0.05) is 23.5 Å². The van der Waals surface area contributed by atoms with E-state index in [4.69, 9.17) is 0 Å². The molecular formula is C19H22N2O. The van der Waals surface area contributed by atoms with E-state index in [-0.39, 0.29) is 5.91 Å². The number of fused-ring (bicyclic) bond motifs is 1. The van der Waals surface area contributed by atoms with Crippen LogP contribution >= 0.6 is 0 Å². The summed E-state index contributed by atoms with van der Waals surface area (Å²) in [5.41, 5.74) is 5.08. The molecule has 2 aromatic carbocycles. The van der Waals surface area contributed by atoms with Crippen molar-refractivity contribution in [2.75, 3.05) is 17.2 Å². The molecule has 1 heterocycles. The highest BCUT2D eigenvalue weighted by Gasteiger charge is 2.18. The number of anilines is 2. The normalized spacial score (nSPS) is 13.4. The van der Waals surface area contributed by atoms with Crippen molar-refractivity contribution in [3.63, 3.8) is 0 Å². The summed E-state index contributed by atoms with van der Waals surface area (Å²) in [4.78, 5) is 12.7. The van der Waals surface area contributed by atoms with Crippen LogP contribution in [0.5, 0.6) is 0 Å². The molecule has 1 amide bonds. The van der Waals surface area contributed by atoms with E-state index in [2.05, 4.69) is 30.5 Å². The minimum Gasteiger partial charge on any atom is -0.385 e. The lowest BCUT2D eigenvalue weighted by Crippen LogP contribution is -2.20. The lowest BCUT2D eigenvalue weighted by atomic mass is 9.96. The van der Waals surface area contributed by atoms with Crippen molar-refractivity contribution in [2.45, 2.75) is 32.6 Å². The number of rotatable bonds is 3. The SMILES string of the molecule is CC(C)c1ccccc1NC(=O)c1cccc2c1CCCN2. The number of para-hydroxylation sites is 1. The highest BCUT2D eigenvalue weighted by Crippen LogP contribution is 2.28. The van der Waals surface area contributed by atoms with Gasteiger partial charge in [0.2, 0.25) is 0 Å². The Labute approximate surface area is 131 Å². The first-order valence-corrected chi connectivity index (χ1v) is 7.93. The van der Waals surface area contributed by atoms with Crippen LogP contribution in [0, 0.1) is 0 Å². The van der Waals surface area contributed by atoms with E-state index in [0.717, 1.165) is 41.9 Å². The van der Waals surface area contributed by atoms with E-state index < -0.39 is 0 Å². The summed E-state index contributed by atoms with van der Waals surface area (Å²) in [6.45, 7) is 5.26. The molecule has 22 heavy (non-hydrogen) atoms. The van der Waals surface area contributed by atoms with Gasteiger partial charge in [-0.2, -0.15) is 0 Å². The predicted molar refractivity (Wildman–Crippen MR) is 91.7 cm³/mol. The van der Waals surface area contributed by atoms with Gasteiger partial charge in [-0.3, -0.25) is 4.79 Å². The second-order valence-electron chi connectivity index (χ2n) is 6.06. The fourth-order valence-corrected chi connectivity index (χ4v) is 3.03. The van der Waals surface area contributed by atoms with Crippen molar-refractivity contribution < 1.29 is 4.79 Å². The summed E-state index contributed by atoms with van der Waals surface area (Å²) >= 11 is 0. The lowest BCUT2D eigenvalue weighted by Gasteiger charge is -2.21. The maximum atomic E-state index is 12.7. The Morgan fingerprint density at radius 3 is 2.77 bits per heavy atom. The highest BCUT2D eigenvalue weighted by molar-refractivity contribution is 6.06. The molecule has 0 atom stereocenters. The number of benzene rings is 2. The molecule has 2 N–H and O–H groups in total. The third-order valence-corrected chi connectivity index (χ3v) is 4.17. The molecule has 0 saturated carbocycles. The number of amides is 1. The first kappa shape index (κ1) is 14.6. The number of hydrogen-bond donors (Lipinski definition) is 2. The molecule has 0 bridgehead atoms. The Kier molecular flexibility index (Phi) is 4.14. The minimum atomic E-state index is -0.0198. The van der Waals surface area contributed by atoms with Crippen LogP contribution in [0.3, 0.4) is 0 Å². The third-order valence-electron chi connectivity index (χ3n) is 4.17. The zero-order valence-electron chi connectivity index (χ0n) is 13.1. The smallest absolute Gasteiger partial charge is 0.256 e. The molecule has 3 heteroatoms. The minimum absolute atomic E-state index is 0.0198. The maximum absolute atomic E-state index is 12.7. The topological polar surface area (TPSA) is 41.1 Å². The summed E-state index contributed by atoms with van der Waals surface area (Å²) in [5.74, 6) is 0.358. The van der Waals surface area contributed by atoms with E-state index in [1.165, 1.54) is 5.56 Å². The quantitative estimate of drug-likeness (QED) is 0.879. The van der Waals surface area contributed by atoms with Crippen molar-refractivity contribution in [2.24, 2.45) is 0 Å². The number of carbonyl (C=O) groups is 1. The fraction of sp³-hybridized carbons (Fsp3) is 0.316. The van der Waals surface area contributed by atoms with Crippen molar-refractivity contribution in [3.8, 4) is 0 Å². The highest BCUT2D eigenvalue weighted by atomic mass is 16.1. The van der Waals surface area contributed by atoms with Gasteiger partial charge < -0.3 is 10.6 Å². The van der Waals surface area contributed by atoms with Crippen molar-refractivity contribution in [3.05, 3.63) is 59.2 Å². The molecule has 0 saturated heterocycles. The average molecular weight is 294 g/mol. The van der Waals surface area contributed by atoms with Crippen molar-refractivity contribution in [1.82, 2.24) is 0 Å².